The quantitative estimate of drug-likeness (QED) is 0.841. The van der Waals surface area contributed by atoms with Gasteiger partial charge < -0.3 is 5.32 Å². The van der Waals surface area contributed by atoms with Crippen LogP contribution in [0.5, 0.6) is 0 Å². The Bertz CT molecular complexity index is 437. The molecule has 0 unspecified atom stereocenters. The Kier molecular flexibility index (Phi) is 3.51. The van der Waals surface area contributed by atoms with Crippen molar-refractivity contribution >= 4 is 15.9 Å². The standard InChI is InChI=1S/C17H24BrN/c1-13(2)9-19-12-17(10-16(11-17)7-8-16)14-3-5-15(18)6-4-14/h3-6,13,19H,7-12H2,1-2H3. The lowest BCUT2D eigenvalue weighted by Gasteiger charge is -2.50. The number of rotatable bonds is 5. The summed E-state index contributed by atoms with van der Waals surface area (Å²) in [6, 6.07) is 9.02. The van der Waals surface area contributed by atoms with Crippen molar-refractivity contribution in [3.63, 3.8) is 0 Å². The SMILES string of the molecule is CC(C)CNCC1(c2ccc(Br)cc2)CC2(CC2)C1. The van der Waals surface area contributed by atoms with Gasteiger partial charge in [-0.25, -0.2) is 0 Å². The van der Waals surface area contributed by atoms with Gasteiger partial charge in [0.25, 0.3) is 0 Å². The fraction of sp³-hybridized carbons (Fsp3) is 0.647. The highest BCUT2D eigenvalue weighted by molar-refractivity contribution is 9.10. The van der Waals surface area contributed by atoms with Crippen molar-refractivity contribution in [1.82, 2.24) is 5.32 Å². The van der Waals surface area contributed by atoms with Gasteiger partial charge in [0.1, 0.15) is 0 Å². The molecular weight excluding hydrogens is 298 g/mol. The molecule has 1 nitrogen and oxygen atoms in total. The second-order valence-electron chi connectivity index (χ2n) is 7.17. The van der Waals surface area contributed by atoms with Crippen LogP contribution in [0.4, 0.5) is 0 Å². The van der Waals surface area contributed by atoms with Gasteiger partial charge in [-0.3, -0.25) is 0 Å². The summed E-state index contributed by atoms with van der Waals surface area (Å²) in [7, 11) is 0. The van der Waals surface area contributed by atoms with Gasteiger partial charge in [-0.2, -0.15) is 0 Å². The minimum absolute atomic E-state index is 0.409. The Labute approximate surface area is 125 Å². The van der Waals surface area contributed by atoms with E-state index in [4.69, 9.17) is 0 Å². The molecule has 1 N–H and O–H groups in total. The van der Waals surface area contributed by atoms with Crippen LogP contribution in [0.1, 0.15) is 45.1 Å². The molecule has 0 radical (unpaired) electrons. The molecule has 0 bridgehead atoms. The van der Waals surface area contributed by atoms with E-state index in [-0.39, 0.29) is 0 Å². The molecule has 1 aromatic rings. The summed E-state index contributed by atoms with van der Waals surface area (Å²) >= 11 is 3.54. The van der Waals surface area contributed by atoms with Crippen molar-refractivity contribution < 1.29 is 0 Å². The third-order valence-electron chi connectivity index (χ3n) is 4.86. The van der Waals surface area contributed by atoms with Crippen LogP contribution in [-0.4, -0.2) is 13.1 Å². The molecule has 19 heavy (non-hydrogen) atoms. The van der Waals surface area contributed by atoms with Gasteiger partial charge in [-0.05, 0) is 61.3 Å². The zero-order chi connectivity index (χ0) is 13.5. The highest BCUT2D eigenvalue weighted by atomic mass is 79.9. The zero-order valence-electron chi connectivity index (χ0n) is 12.0. The third kappa shape index (κ3) is 2.75. The monoisotopic (exact) mass is 321 g/mol. The minimum atomic E-state index is 0.409. The highest BCUT2D eigenvalue weighted by Crippen LogP contribution is 2.68. The third-order valence-corrected chi connectivity index (χ3v) is 5.39. The van der Waals surface area contributed by atoms with Crippen molar-refractivity contribution in [2.45, 2.75) is 44.9 Å². The van der Waals surface area contributed by atoms with Crippen LogP contribution >= 0.6 is 15.9 Å². The number of halogens is 1. The summed E-state index contributed by atoms with van der Waals surface area (Å²) in [5.74, 6) is 0.733. The van der Waals surface area contributed by atoms with E-state index < -0.39 is 0 Å². The Balaban J connectivity index is 1.72. The van der Waals surface area contributed by atoms with Gasteiger partial charge in [0.05, 0.1) is 0 Å². The lowest BCUT2D eigenvalue weighted by Crippen LogP contribution is -2.50. The first-order valence-corrected chi connectivity index (χ1v) is 8.30. The maximum atomic E-state index is 3.69. The Morgan fingerprint density at radius 1 is 1.16 bits per heavy atom. The van der Waals surface area contributed by atoms with Crippen molar-refractivity contribution in [3.05, 3.63) is 34.3 Å². The zero-order valence-corrected chi connectivity index (χ0v) is 13.6. The molecule has 0 saturated heterocycles. The number of benzene rings is 1. The molecule has 104 valence electrons. The van der Waals surface area contributed by atoms with Gasteiger partial charge in [0.15, 0.2) is 0 Å². The van der Waals surface area contributed by atoms with Crippen LogP contribution < -0.4 is 5.32 Å². The lowest BCUT2D eigenvalue weighted by atomic mass is 9.56. The van der Waals surface area contributed by atoms with E-state index in [2.05, 4.69) is 59.4 Å². The second-order valence-corrected chi connectivity index (χ2v) is 8.08. The maximum Gasteiger partial charge on any atom is 0.0175 e. The molecule has 2 heteroatoms. The normalized spacial score (nSPS) is 22.5. The van der Waals surface area contributed by atoms with E-state index in [1.807, 2.05) is 0 Å². The summed E-state index contributed by atoms with van der Waals surface area (Å²) < 4.78 is 1.18. The van der Waals surface area contributed by atoms with Gasteiger partial charge in [-0.15, -0.1) is 0 Å². The average molecular weight is 322 g/mol. The van der Waals surface area contributed by atoms with Gasteiger partial charge >= 0.3 is 0 Å². The van der Waals surface area contributed by atoms with E-state index in [0.717, 1.165) is 24.4 Å². The first kappa shape index (κ1) is 13.6. The lowest BCUT2D eigenvalue weighted by molar-refractivity contribution is 0.115. The molecule has 0 atom stereocenters. The predicted octanol–water partition coefficient (Wildman–Crippen LogP) is 4.51. The van der Waals surface area contributed by atoms with Crippen molar-refractivity contribution in [2.75, 3.05) is 13.1 Å². The van der Waals surface area contributed by atoms with Crippen LogP contribution in [-0.2, 0) is 5.41 Å². The number of nitrogens with one attached hydrogen (secondary N) is 1. The number of hydrogen-bond acceptors (Lipinski definition) is 1. The molecule has 0 heterocycles. The van der Waals surface area contributed by atoms with Crippen LogP contribution in [0.25, 0.3) is 0 Å². The Morgan fingerprint density at radius 2 is 1.79 bits per heavy atom. The first-order chi connectivity index (χ1) is 9.04. The van der Waals surface area contributed by atoms with E-state index in [9.17, 15) is 0 Å². The minimum Gasteiger partial charge on any atom is -0.316 e. The van der Waals surface area contributed by atoms with E-state index >= 15 is 0 Å². The molecule has 3 rings (SSSR count). The summed E-state index contributed by atoms with van der Waals surface area (Å²) in [5, 5.41) is 3.69. The summed E-state index contributed by atoms with van der Waals surface area (Å²) in [4.78, 5) is 0. The number of hydrogen-bond donors (Lipinski definition) is 1. The average Bonchev–Trinajstić information content (AvgIpc) is 3.08. The van der Waals surface area contributed by atoms with Crippen molar-refractivity contribution in [3.8, 4) is 0 Å². The van der Waals surface area contributed by atoms with Crippen LogP contribution in [0, 0.1) is 11.3 Å². The smallest absolute Gasteiger partial charge is 0.0175 e. The van der Waals surface area contributed by atoms with E-state index in [1.54, 1.807) is 0 Å². The molecule has 2 fully saturated rings. The molecule has 0 aliphatic heterocycles. The first-order valence-electron chi connectivity index (χ1n) is 7.51. The van der Waals surface area contributed by atoms with Gasteiger partial charge in [0, 0.05) is 16.4 Å². The van der Waals surface area contributed by atoms with E-state index in [1.165, 1.54) is 35.7 Å². The predicted molar refractivity (Wildman–Crippen MR) is 84.4 cm³/mol. The van der Waals surface area contributed by atoms with Gasteiger partial charge in [0.2, 0.25) is 0 Å². The fourth-order valence-electron chi connectivity index (χ4n) is 3.75. The Morgan fingerprint density at radius 3 is 2.32 bits per heavy atom. The Hall–Kier alpha value is -0.340. The summed E-state index contributed by atoms with van der Waals surface area (Å²) in [6.07, 6.45) is 5.73. The maximum absolute atomic E-state index is 3.69. The van der Waals surface area contributed by atoms with Crippen LogP contribution in [0.2, 0.25) is 0 Å². The molecule has 0 amide bonds. The topological polar surface area (TPSA) is 12.0 Å². The molecule has 1 spiro atoms. The molecule has 0 aromatic heterocycles. The largest absolute Gasteiger partial charge is 0.316 e. The van der Waals surface area contributed by atoms with E-state index in [0.29, 0.717) is 5.41 Å². The molecule has 1 aromatic carbocycles. The van der Waals surface area contributed by atoms with Crippen molar-refractivity contribution in [2.24, 2.45) is 11.3 Å². The second kappa shape index (κ2) is 4.89. The summed E-state index contributed by atoms with van der Waals surface area (Å²) in [5.41, 5.74) is 2.68. The summed E-state index contributed by atoms with van der Waals surface area (Å²) in [6.45, 7) is 6.84. The fourth-order valence-corrected chi connectivity index (χ4v) is 4.01. The van der Waals surface area contributed by atoms with Crippen LogP contribution in [0.3, 0.4) is 0 Å². The van der Waals surface area contributed by atoms with Gasteiger partial charge in [-0.1, -0.05) is 41.9 Å². The molecule has 2 aliphatic rings. The molecule has 2 aliphatic carbocycles. The highest BCUT2D eigenvalue weighted by Gasteiger charge is 2.60. The molecular formula is C17H24BrN. The molecule has 2 saturated carbocycles. The van der Waals surface area contributed by atoms with Crippen LogP contribution in [0.15, 0.2) is 28.7 Å². The van der Waals surface area contributed by atoms with Crippen molar-refractivity contribution in [1.29, 1.82) is 0 Å².